The van der Waals surface area contributed by atoms with Gasteiger partial charge in [-0.25, -0.2) is 0 Å². The van der Waals surface area contributed by atoms with Gasteiger partial charge in [0.05, 0.1) is 5.75 Å². The van der Waals surface area contributed by atoms with E-state index in [0.717, 1.165) is 47.3 Å². The molecule has 0 saturated heterocycles. The van der Waals surface area contributed by atoms with E-state index in [1.807, 2.05) is 30.3 Å². The lowest BCUT2D eigenvalue weighted by Gasteiger charge is -2.56. The summed E-state index contributed by atoms with van der Waals surface area (Å²) in [4.78, 5) is 12.3. The Morgan fingerprint density at radius 1 is 1.10 bits per heavy atom. The zero-order chi connectivity index (χ0) is 20.6. The van der Waals surface area contributed by atoms with Crippen LogP contribution in [-0.4, -0.2) is 26.4 Å². The molecule has 5 nitrogen and oxygen atoms in total. The summed E-state index contributed by atoms with van der Waals surface area (Å²) in [6, 6.07) is 10.0. The molecular formula is C24H32N4OS. The zero-order valence-corrected chi connectivity index (χ0v) is 18.7. The molecule has 1 aromatic heterocycles. The molecule has 1 heterocycles. The first-order valence-corrected chi connectivity index (χ1v) is 12.5. The summed E-state index contributed by atoms with van der Waals surface area (Å²) in [5.74, 6) is 4.41. The van der Waals surface area contributed by atoms with Gasteiger partial charge >= 0.3 is 0 Å². The van der Waals surface area contributed by atoms with E-state index in [1.54, 1.807) is 0 Å². The van der Waals surface area contributed by atoms with Gasteiger partial charge < -0.3 is 9.88 Å². The molecular weight excluding hydrogens is 392 g/mol. The van der Waals surface area contributed by atoms with Crippen LogP contribution in [0.15, 0.2) is 35.5 Å². The van der Waals surface area contributed by atoms with E-state index in [0.29, 0.717) is 17.7 Å². The molecule has 0 unspecified atom stereocenters. The molecule has 4 aliphatic rings. The Morgan fingerprint density at radius 2 is 1.77 bits per heavy atom. The Hall–Kier alpha value is -1.82. The lowest BCUT2D eigenvalue weighted by Crippen LogP contribution is -2.47. The molecule has 4 bridgehead atoms. The first-order valence-electron chi connectivity index (χ1n) is 11.5. The molecule has 6 heteroatoms. The lowest BCUT2D eigenvalue weighted by molar-refractivity contribution is -0.118. The van der Waals surface area contributed by atoms with Gasteiger partial charge in [-0.05, 0) is 74.2 Å². The van der Waals surface area contributed by atoms with Crippen LogP contribution >= 0.6 is 11.8 Å². The van der Waals surface area contributed by atoms with Crippen molar-refractivity contribution in [2.75, 3.05) is 5.75 Å². The van der Waals surface area contributed by atoms with Gasteiger partial charge in [-0.15, -0.1) is 10.2 Å². The summed E-state index contributed by atoms with van der Waals surface area (Å²) >= 11 is 1.51. The molecule has 4 aliphatic carbocycles. The summed E-state index contributed by atoms with van der Waals surface area (Å²) in [5.41, 5.74) is 1.58. The van der Waals surface area contributed by atoms with Gasteiger partial charge in [0.1, 0.15) is 5.82 Å². The van der Waals surface area contributed by atoms with Gasteiger partial charge in [-0.3, -0.25) is 4.79 Å². The number of hydrogen-bond acceptors (Lipinski definition) is 4. The summed E-state index contributed by atoms with van der Waals surface area (Å²) in [6.07, 6.45) is 9.65. The standard InChI is InChI=1S/C24H32N4OS/c1-2-28-21(14-24-11-18-8-19(12-24)10-20(9-18)13-24)26-27-23(28)30-16-22(29)25-15-17-6-4-3-5-7-17/h3-7,18-20H,2,8-16H2,1H3,(H,25,29). The van der Waals surface area contributed by atoms with Crippen molar-refractivity contribution in [3.05, 3.63) is 41.7 Å². The van der Waals surface area contributed by atoms with Crippen molar-refractivity contribution >= 4 is 17.7 Å². The van der Waals surface area contributed by atoms with E-state index in [9.17, 15) is 4.79 Å². The molecule has 160 valence electrons. The molecule has 6 rings (SSSR count). The second-order valence-corrected chi connectivity index (χ2v) is 10.7. The Labute approximate surface area is 183 Å². The van der Waals surface area contributed by atoms with Gasteiger partial charge in [0.25, 0.3) is 0 Å². The lowest BCUT2D eigenvalue weighted by atomic mass is 9.49. The zero-order valence-electron chi connectivity index (χ0n) is 17.8. The third-order valence-corrected chi connectivity index (χ3v) is 8.44. The van der Waals surface area contributed by atoms with Crippen molar-refractivity contribution in [2.45, 2.75) is 70.1 Å². The molecule has 2 aromatic rings. The number of aromatic nitrogens is 3. The van der Waals surface area contributed by atoms with Gasteiger partial charge in [0.15, 0.2) is 5.16 Å². The number of thioether (sulfide) groups is 1. The Bertz CT molecular complexity index is 859. The first kappa shape index (κ1) is 20.1. The summed E-state index contributed by atoms with van der Waals surface area (Å²) in [7, 11) is 0. The van der Waals surface area contributed by atoms with Crippen LogP contribution in [0.25, 0.3) is 0 Å². The molecule has 0 radical (unpaired) electrons. The minimum absolute atomic E-state index is 0.0390. The third kappa shape index (κ3) is 4.16. The minimum atomic E-state index is 0.0390. The average Bonchev–Trinajstić information content (AvgIpc) is 3.11. The van der Waals surface area contributed by atoms with Crippen LogP contribution in [-0.2, 0) is 24.3 Å². The molecule has 4 saturated carbocycles. The predicted octanol–water partition coefficient (Wildman–Crippen LogP) is 4.47. The maximum atomic E-state index is 12.3. The minimum Gasteiger partial charge on any atom is -0.351 e. The van der Waals surface area contributed by atoms with E-state index >= 15 is 0 Å². The normalized spacial score (nSPS) is 29.3. The van der Waals surface area contributed by atoms with E-state index in [1.165, 1.54) is 50.3 Å². The number of benzene rings is 1. The average molecular weight is 425 g/mol. The number of carbonyl (C=O) groups excluding carboxylic acids is 1. The van der Waals surface area contributed by atoms with E-state index in [4.69, 9.17) is 0 Å². The van der Waals surface area contributed by atoms with Gasteiger partial charge in [-0.1, -0.05) is 42.1 Å². The van der Waals surface area contributed by atoms with E-state index in [2.05, 4.69) is 27.0 Å². The van der Waals surface area contributed by atoms with Gasteiger partial charge in [0.2, 0.25) is 5.91 Å². The summed E-state index contributed by atoms with van der Waals surface area (Å²) < 4.78 is 2.24. The topological polar surface area (TPSA) is 59.8 Å². The molecule has 4 fully saturated rings. The van der Waals surface area contributed by atoms with Crippen LogP contribution in [0.2, 0.25) is 0 Å². The van der Waals surface area contributed by atoms with Crippen molar-refractivity contribution in [3.63, 3.8) is 0 Å². The fourth-order valence-electron chi connectivity index (χ4n) is 6.69. The summed E-state index contributed by atoms with van der Waals surface area (Å²) in [6.45, 7) is 3.59. The second-order valence-electron chi connectivity index (χ2n) is 9.79. The molecule has 0 aliphatic heterocycles. The Balaban J connectivity index is 1.20. The number of nitrogens with one attached hydrogen (secondary N) is 1. The van der Waals surface area contributed by atoms with Crippen LogP contribution in [0, 0.1) is 23.2 Å². The fraction of sp³-hybridized carbons (Fsp3) is 0.625. The SMILES string of the molecule is CCn1c(CC23CC4CC(CC(C4)C2)C3)nnc1SCC(=O)NCc1ccccc1. The predicted molar refractivity (Wildman–Crippen MR) is 119 cm³/mol. The number of amides is 1. The highest BCUT2D eigenvalue weighted by atomic mass is 32.2. The second kappa shape index (κ2) is 8.37. The third-order valence-electron chi connectivity index (χ3n) is 7.47. The van der Waals surface area contributed by atoms with Gasteiger partial charge in [0, 0.05) is 19.5 Å². The van der Waals surface area contributed by atoms with Crippen LogP contribution in [0.4, 0.5) is 0 Å². The number of nitrogens with zero attached hydrogens (tertiary/aromatic N) is 3. The highest BCUT2D eigenvalue weighted by Crippen LogP contribution is 2.61. The maximum absolute atomic E-state index is 12.3. The molecule has 0 atom stereocenters. The van der Waals surface area contributed by atoms with Crippen molar-refractivity contribution in [1.82, 2.24) is 20.1 Å². The smallest absolute Gasteiger partial charge is 0.230 e. The van der Waals surface area contributed by atoms with Crippen LogP contribution < -0.4 is 5.32 Å². The van der Waals surface area contributed by atoms with Crippen LogP contribution in [0.3, 0.4) is 0 Å². The Kier molecular flexibility index (Phi) is 5.61. The monoisotopic (exact) mass is 424 g/mol. The highest BCUT2D eigenvalue weighted by molar-refractivity contribution is 7.99. The van der Waals surface area contributed by atoms with Crippen molar-refractivity contribution < 1.29 is 4.79 Å². The highest BCUT2D eigenvalue weighted by Gasteiger charge is 2.51. The van der Waals surface area contributed by atoms with E-state index < -0.39 is 0 Å². The van der Waals surface area contributed by atoms with Crippen molar-refractivity contribution in [3.8, 4) is 0 Å². The quantitative estimate of drug-likeness (QED) is 0.636. The van der Waals surface area contributed by atoms with Crippen LogP contribution in [0.1, 0.15) is 56.8 Å². The fourth-order valence-corrected chi connectivity index (χ4v) is 7.54. The molecule has 1 N–H and O–H groups in total. The number of carbonyl (C=O) groups is 1. The van der Waals surface area contributed by atoms with Crippen molar-refractivity contribution in [2.24, 2.45) is 23.2 Å². The molecule has 0 spiro atoms. The summed E-state index contributed by atoms with van der Waals surface area (Å²) in [5, 5.41) is 12.9. The van der Waals surface area contributed by atoms with Crippen LogP contribution in [0.5, 0.6) is 0 Å². The molecule has 30 heavy (non-hydrogen) atoms. The van der Waals surface area contributed by atoms with Gasteiger partial charge in [-0.2, -0.15) is 0 Å². The molecule has 1 amide bonds. The number of rotatable bonds is 8. The van der Waals surface area contributed by atoms with E-state index in [-0.39, 0.29) is 5.91 Å². The van der Waals surface area contributed by atoms with Crippen molar-refractivity contribution in [1.29, 1.82) is 0 Å². The largest absolute Gasteiger partial charge is 0.351 e. The number of hydrogen-bond donors (Lipinski definition) is 1. The first-order chi connectivity index (χ1) is 14.6. The molecule has 1 aromatic carbocycles. The Morgan fingerprint density at radius 3 is 2.40 bits per heavy atom. The maximum Gasteiger partial charge on any atom is 0.230 e.